The summed E-state index contributed by atoms with van der Waals surface area (Å²) in [5.74, 6) is -0.0993. The minimum absolute atomic E-state index is 0.139. The van der Waals surface area contributed by atoms with E-state index in [1.54, 1.807) is 7.11 Å². The zero-order valence-corrected chi connectivity index (χ0v) is 20.9. The first-order chi connectivity index (χ1) is 17.0. The van der Waals surface area contributed by atoms with Crippen LogP contribution in [0.15, 0.2) is 102 Å². The van der Waals surface area contributed by atoms with Crippen molar-refractivity contribution in [2.24, 2.45) is 0 Å². The third-order valence-electron chi connectivity index (χ3n) is 6.63. The van der Waals surface area contributed by atoms with E-state index in [2.05, 4.69) is 15.9 Å². The highest BCUT2D eigenvalue weighted by Crippen LogP contribution is 2.48. The van der Waals surface area contributed by atoms with Gasteiger partial charge in [0.2, 0.25) is 5.88 Å². The van der Waals surface area contributed by atoms with Crippen LogP contribution in [0.1, 0.15) is 29.0 Å². The monoisotopic (exact) mass is 527 g/mol. The molecule has 5 rings (SSSR count). The molecule has 0 fully saturated rings. The third-order valence-corrected chi connectivity index (χ3v) is 7.13. The lowest BCUT2D eigenvalue weighted by Crippen LogP contribution is -2.36. The van der Waals surface area contributed by atoms with Crippen LogP contribution < -0.4 is 4.74 Å². The van der Waals surface area contributed by atoms with Crippen molar-refractivity contribution in [1.29, 1.82) is 0 Å². The Labute approximate surface area is 213 Å². The number of hydrogen-bond donors (Lipinski definition) is 2. The molecule has 5 heteroatoms. The van der Waals surface area contributed by atoms with E-state index < -0.39 is 11.5 Å². The van der Waals surface area contributed by atoms with Crippen LogP contribution >= 0.6 is 15.9 Å². The summed E-state index contributed by atoms with van der Waals surface area (Å²) in [7, 11) is 1.60. The van der Waals surface area contributed by atoms with E-state index >= 15 is 0 Å². The number of benzene rings is 4. The first-order valence-electron chi connectivity index (χ1n) is 11.6. The van der Waals surface area contributed by atoms with Crippen molar-refractivity contribution in [3.8, 4) is 5.88 Å². The van der Waals surface area contributed by atoms with Crippen LogP contribution in [-0.2, 0) is 5.60 Å². The van der Waals surface area contributed by atoms with Crippen molar-refractivity contribution in [2.45, 2.75) is 17.9 Å². The number of halogens is 1. The highest BCUT2D eigenvalue weighted by molar-refractivity contribution is 9.10. The summed E-state index contributed by atoms with van der Waals surface area (Å²) >= 11 is 3.56. The van der Waals surface area contributed by atoms with Crippen molar-refractivity contribution in [2.75, 3.05) is 13.7 Å². The highest BCUT2D eigenvalue weighted by atomic mass is 79.9. The lowest BCUT2D eigenvalue weighted by molar-refractivity contribution is -0.00346. The fraction of sp³-hybridized carbons (Fsp3) is 0.167. The number of ether oxygens (including phenoxy) is 1. The van der Waals surface area contributed by atoms with Gasteiger partial charge < -0.3 is 14.9 Å². The molecule has 0 saturated carbocycles. The molecule has 4 aromatic carbocycles. The molecule has 1 unspecified atom stereocenters. The Balaban J connectivity index is 1.85. The number of fused-ring (bicyclic) bond motifs is 2. The molecular weight excluding hydrogens is 502 g/mol. The molecule has 0 amide bonds. The molecule has 0 aliphatic carbocycles. The Bertz CT molecular complexity index is 1480. The van der Waals surface area contributed by atoms with Crippen molar-refractivity contribution in [1.82, 2.24) is 4.98 Å². The number of aliphatic hydroxyl groups excluding tert-OH is 1. The lowest BCUT2D eigenvalue weighted by Gasteiger charge is -2.38. The Morgan fingerprint density at radius 3 is 2.40 bits per heavy atom. The molecule has 4 nitrogen and oxygen atoms in total. The van der Waals surface area contributed by atoms with Gasteiger partial charge in [-0.1, -0.05) is 88.7 Å². The quantitative estimate of drug-likeness (QED) is 0.251. The van der Waals surface area contributed by atoms with Gasteiger partial charge >= 0.3 is 0 Å². The Morgan fingerprint density at radius 2 is 1.63 bits per heavy atom. The molecule has 0 aliphatic heterocycles. The Hall–Kier alpha value is -3.25. The summed E-state index contributed by atoms with van der Waals surface area (Å²) in [5, 5.41) is 25.7. The first-order valence-corrected chi connectivity index (χ1v) is 12.3. The van der Waals surface area contributed by atoms with Gasteiger partial charge in [0.05, 0.1) is 12.6 Å². The molecule has 0 bridgehead atoms. The van der Waals surface area contributed by atoms with Crippen LogP contribution in [0.2, 0.25) is 0 Å². The van der Waals surface area contributed by atoms with E-state index in [4.69, 9.17) is 9.72 Å². The zero-order valence-electron chi connectivity index (χ0n) is 19.4. The average molecular weight is 528 g/mol. The van der Waals surface area contributed by atoms with Gasteiger partial charge in [-0.05, 0) is 46.2 Å². The fourth-order valence-electron chi connectivity index (χ4n) is 5.08. The van der Waals surface area contributed by atoms with Crippen LogP contribution in [0.4, 0.5) is 0 Å². The Kier molecular flexibility index (Phi) is 6.56. The van der Waals surface area contributed by atoms with Crippen molar-refractivity contribution in [3.05, 3.63) is 118 Å². The van der Waals surface area contributed by atoms with E-state index in [9.17, 15) is 10.2 Å². The molecule has 2 N–H and O–H groups in total. The first kappa shape index (κ1) is 23.5. The summed E-state index contributed by atoms with van der Waals surface area (Å²) in [6, 6.07) is 31.8. The van der Waals surface area contributed by atoms with E-state index in [0.29, 0.717) is 5.88 Å². The fourth-order valence-corrected chi connectivity index (χ4v) is 5.46. The summed E-state index contributed by atoms with van der Waals surface area (Å²) in [4.78, 5) is 4.79. The molecular formula is C30H26BrNO3. The minimum atomic E-state index is -1.44. The standard InChI is InChI=1S/C30H26BrNO3/c1-35-29-25(19-22-18-23(31)14-15-27(22)32-29)28(21-9-3-2-4-10-21)30(34,16-17-33)26-13-7-11-20-8-5-6-12-24(20)26/h2-15,18-19,28,33-34H,16-17H2,1H3/t28-,30?/m1/s1. The van der Waals surface area contributed by atoms with E-state index in [0.717, 1.165) is 42.8 Å². The van der Waals surface area contributed by atoms with Gasteiger partial charge in [-0.15, -0.1) is 0 Å². The number of nitrogens with zero attached hydrogens (tertiary/aromatic N) is 1. The van der Waals surface area contributed by atoms with Crippen LogP contribution in [0.25, 0.3) is 21.7 Å². The predicted octanol–water partition coefficient (Wildman–Crippen LogP) is 6.56. The maximum Gasteiger partial charge on any atom is 0.217 e. The molecule has 0 spiro atoms. The number of hydrogen-bond acceptors (Lipinski definition) is 4. The van der Waals surface area contributed by atoms with E-state index in [1.165, 1.54) is 0 Å². The number of pyridine rings is 1. The molecule has 5 aromatic rings. The number of aliphatic hydroxyl groups is 2. The van der Waals surface area contributed by atoms with Crippen molar-refractivity contribution < 1.29 is 14.9 Å². The summed E-state index contributed by atoms with van der Waals surface area (Å²) in [6.07, 6.45) is 0.139. The van der Waals surface area contributed by atoms with Gasteiger partial charge in [-0.2, -0.15) is 0 Å². The summed E-state index contributed by atoms with van der Waals surface area (Å²) in [5.41, 5.74) is 1.79. The Morgan fingerprint density at radius 1 is 0.886 bits per heavy atom. The van der Waals surface area contributed by atoms with E-state index in [-0.39, 0.29) is 13.0 Å². The van der Waals surface area contributed by atoms with Gasteiger partial charge in [-0.25, -0.2) is 4.98 Å². The number of methoxy groups -OCH3 is 1. The molecule has 35 heavy (non-hydrogen) atoms. The van der Waals surface area contributed by atoms with Gasteiger partial charge in [0.15, 0.2) is 0 Å². The van der Waals surface area contributed by atoms with E-state index in [1.807, 2.05) is 97.1 Å². The molecule has 0 saturated heterocycles. The molecule has 0 aliphatic rings. The average Bonchev–Trinajstić information content (AvgIpc) is 2.89. The van der Waals surface area contributed by atoms with Gasteiger partial charge in [0.1, 0.15) is 5.60 Å². The van der Waals surface area contributed by atoms with Crippen LogP contribution in [0, 0.1) is 0 Å². The van der Waals surface area contributed by atoms with Crippen LogP contribution in [0.3, 0.4) is 0 Å². The second-order valence-electron chi connectivity index (χ2n) is 8.69. The lowest BCUT2D eigenvalue weighted by atomic mass is 9.71. The molecule has 1 aromatic heterocycles. The zero-order chi connectivity index (χ0) is 24.4. The third kappa shape index (κ3) is 4.31. The summed E-state index contributed by atoms with van der Waals surface area (Å²) < 4.78 is 6.73. The second-order valence-corrected chi connectivity index (χ2v) is 9.61. The predicted molar refractivity (Wildman–Crippen MR) is 144 cm³/mol. The van der Waals surface area contributed by atoms with Gasteiger partial charge in [0.25, 0.3) is 0 Å². The van der Waals surface area contributed by atoms with Gasteiger partial charge in [0, 0.05) is 34.4 Å². The molecule has 1 heterocycles. The normalized spacial score (nSPS) is 14.1. The largest absolute Gasteiger partial charge is 0.481 e. The van der Waals surface area contributed by atoms with Crippen LogP contribution in [0.5, 0.6) is 5.88 Å². The smallest absolute Gasteiger partial charge is 0.217 e. The minimum Gasteiger partial charge on any atom is -0.481 e. The van der Waals surface area contributed by atoms with Crippen molar-refractivity contribution >= 4 is 37.6 Å². The maximum atomic E-state index is 12.6. The maximum absolute atomic E-state index is 12.6. The molecule has 0 radical (unpaired) electrons. The molecule has 176 valence electrons. The van der Waals surface area contributed by atoms with Crippen molar-refractivity contribution in [3.63, 3.8) is 0 Å². The second kappa shape index (κ2) is 9.78. The van der Waals surface area contributed by atoms with Crippen LogP contribution in [-0.4, -0.2) is 28.9 Å². The van der Waals surface area contributed by atoms with Gasteiger partial charge in [-0.3, -0.25) is 0 Å². The number of aromatic nitrogens is 1. The topological polar surface area (TPSA) is 62.6 Å². The number of rotatable bonds is 7. The molecule has 2 atom stereocenters. The summed E-state index contributed by atoms with van der Waals surface area (Å²) in [6.45, 7) is -0.183. The SMILES string of the molecule is COc1nc2ccc(Br)cc2cc1[C@@H](c1ccccc1)C(O)(CCO)c1cccc2ccccc12. The highest BCUT2D eigenvalue weighted by Gasteiger charge is 2.43.